The minimum Gasteiger partial charge on any atom is -0.339 e. The molecule has 110 valence electrons. The number of aromatic amines is 1. The van der Waals surface area contributed by atoms with Crippen LogP contribution in [0.2, 0.25) is 0 Å². The summed E-state index contributed by atoms with van der Waals surface area (Å²) in [5, 5.41) is 5.82. The van der Waals surface area contributed by atoms with Crippen LogP contribution in [-0.2, 0) is 11.2 Å². The Bertz CT molecular complexity index is 705. The van der Waals surface area contributed by atoms with Crippen LogP contribution >= 0.6 is 0 Å². The van der Waals surface area contributed by atoms with Gasteiger partial charge in [0.2, 0.25) is 5.91 Å². The van der Waals surface area contributed by atoms with Crippen molar-refractivity contribution in [1.29, 1.82) is 0 Å². The van der Waals surface area contributed by atoms with E-state index in [0.717, 1.165) is 16.9 Å². The molecule has 21 heavy (non-hydrogen) atoms. The Balaban J connectivity index is 2.22. The molecule has 0 aliphatic heterocycles. The fourth-order valence-corrected chi connectivity index (χ4v) is 1.94. The van der Waals surface area contributed by atoms with Crippen molar-refractivity contribution >= 4 is 23.1 Å². The monoisotopic (exact) mass is 286 g/mol. The van der Waals surface area contributed by atoms with E-state index in [9.17, 15) is 9.59 Å². The number of anilines is 3. The van der Waals surface area contributed by atoms with E-state index in [1.807, 2.05) is 19.9 Å². The number of carbonyl (C=O) groups is 1. The van der Waals surface area contributed by atoms with E-state index >= 15 is 0 Å². The molecule has 0 atom stereocenters. The molecule has 2 rings (SSSR count). The van der Waals surface area contributed by atoms with Crippen LogP contribution in [0.1, 0.15) is 25.1 Å². The van der Waals surface area contributed by atoms with Crippen LogP contribution < -0.4 is 16.2 Å². The Morgan fingerprint density at radius 1 is 1.38 bits per heavy atom. The zero-order valence-corrected chi connectivity index (χ0v) is 12.3. The molecule has 2 aromatic rings. The maximum Gasteiger partial charge on any atom is 0.251 e. The number of nitrogens with zero attached hydrogens (tertiary/aromatic N) is 1. The van der Waals surface area contributed by atoms with Crippen LogP contribution in [0.5, 0.6) is 0 Å². The first-order valence-corrected chi connectivity index (χ1v) is 6.73. The van der Waals surface area contributed by atoms with Gasteiger partial charge in [-0.2, -0.15) is 0 Å². The van der Waals surface area contributed by atoms with Gasteiger partial charge in [0.05, 0.1) is 17.6 Å². The zero-order chi connectivity index (χ0) is 15.4. The fraction of sp³-hybridized carbons (Fsp3) is 0.267. The van der Waals surface area contributed by atoms with Crippen LogP contribution in [-0.4, -0.2) is 15.9 Å². The molecule has 6 heteroatoms. The van der Waals surface area contributed by atoms with Gasteiger partial charge < -0.3 is 15.6 Å². The molecule has 0 radical (unpaired) electrons. The Morgan fingerprint density at radius 2 is 2.14 bits per heavy atom. The quantitative estimate of drug-likeness (QED) is 0.805. The van der Waals surface area contributed by atoms with Gasteiger partial charge in [-0.05, 0) is 31.5 Å². The number of amides is 1. The Morgan fingerprint density at radius 3 is 2.71 bits per heavy atom. The normalized spacial score (nSPS) is 10.2. The number of aryl methyl sites for hydroxylation is 2. The molecule has 0 fully saturated rings. The SMILES string of the molecule is CCc1cc(Nc2ccc(NC(C)=O)cn2)c(C)[nH]c1=O. The Labute approximate surface area is 122 Å². The van der Waals surface area contributed by atoms with Crippen molar-refractivity contribution in [3.63, 3.8) is 0 Å². The number of aromatic nitrogens is 2. The topological polar surface area (TPSA) is 86.9 Å². The van der Waals surface area contributed by atoms with E-state index in [4.69, 9.17) is 0 Å². The van der Waals surface area contributed by atoms with Crippen LogP contribution in [0, 0.1) is 6.92 Å². The van der Waals surface area contributed by atoms with Gasteiger partial charge in [0.25, 0.3) is 5.56 Å². The lowest BCUT2D eigenvalue weighted by Gasteiger charge is -2.10. The third-order valence-corrected chi connectivity index (χ3v) is 3.04. The van der Waals surface area contributed by atoms with Crippen molar-refractivity contribution in [3.8, 4) is 0 Å². The molecule has 2 heterocycles. The number of pyridine rings is 2. The van der Waals surface area contributed by atoms with Crippen molar-refractivity contribution in [1.82, 2.24) is 9.97 Å². The summed E-state index contributed by atoms with van der Waals surface area (Å²) in [7, 11) is 0. The van der Waals surface area contributed by atoms with Gasteiger partial charge in [-0.1, -0.05) is 6.92 Å². The minimum atomic E-state index is -0.137. The lowest BCUT2D eigenvalue weighted by atomic mass is 10.2. The molecule has 0 bridgehead atoms. The molecule has 0 aromatic carbocycles. The molecule has 3 N–H and O–H groups in total. The average Bonchev–Trinajstić information content (AvgIpc) is 2.43. The number of carbonyl (C=O) groups excluding carboxylic acids is 1. The van der Waals surface area contributed by atoms with Crippen molar-refractivity contribution < 1.29 is 4.79 Å². The van der Waals surface area contributed by atoms with E-state index < -0.39 is 0 Å². The van der Waals surface area contributed by atoms with Crippen molar-refractivity contribution in [2.45, 2.75) is 27.2 Å². The molecular weight excluding hydrogens is 268 g/mol. The van der Waals surface area contributed by atoms with Gasteiger partial charge in [0.1, 0.15) is 5.82 Å². The molecule has 0 saturated heterocycles. The Hall–Kier alpha value is -2.63. The van der Waals surface area contributed by atoms with Crippen LogP contribution in [0.25, 0.3) is 0 Å². The zero-order valence-electron chi connectivity index (χ0n) is 12.3. The molecule has 6 nitrogen and oxygen atoms in total. The second-order valence-electron chi connectivity index (χ2n) is 4.75. The number of hydrogen-bond donors (Lipinski definition) is 3. The highest BCUT2D eigenvalue weighted by Crippen LogP contribution is 2.18. The molecule has 1 amide bonds. The lowest BCUT2D eigenvalue weighted by Crippen LogP contribution is -2.14. The highest BCUT2D eigenvalue weighted by molar-refractivity contribution is 5.88. The second kappa shape index (κ2) is 6.21. The van der Waals surface area contributed by atoms with Gasteiger partial charge in [0.15, 0.2) is 0 Å². The first kappa shape index (κ1) is 14.8. The highest BCUT2D eigenvalue weighted by Gasteiger charge is 2.05. The van der Waals surface area contributed by atoms with Crippen molar-refractivity contribution in [3.05, 3.63) is 46.0 Å². The highest BCUT2D eigenvalue weighted by atomic mass is 16.1. The number of rotatable bonds is 4. The largest absolute Gasteiger partial charge is 0.339 e. The van der Waals surface area contributed by atoms with Crippen LogP contribution in [0.4, 0.5) is 17.2 Å². The summed E-state index contributed by atoms with van der Waals surface area (Å²) in [6.45, 7) is 5.21. The fourth-order valence-electron chi connectivity index (χ4n) is 1.94. The van der Waals surface area contributed by atoms with Gasteiger partial charge >= 0.3 is 0 Å². The van der Waals surface area contributed by atoms with E-state index in [1.165, 1.54) is 6.92 Å². The smallest absolute Gasteiger partial charge is 0.251 e. The standard InChI is InChI=1S/C15H18N4O2/c1-4-11-7-13(9(2)17-15(11)21)19-14-6-5-12(8-16-14)18-10(3)20/h5-8H,4H2,1-3H3,(H,16,19)(H,17,21)(H,18,20). The Kier molecular flexibility index (Phi) is 4.37. The van der Waals surface area contributed by atoms with E-state index in [2.05, 4.69) is 20.6 Å². The summed E-state index contributed by atoms with van der Waals surface area (Å²) < 4.78 is 0. The summed E-state index contributed by atoms with van der Waals surface area (Å²) in [6, 6.07) is 5.36. The summed E-state index contributed by atoms with van der Waals surface area (Å²) >= 11 is 0. The minimum absolute atomic E-state index is 0.0606. The van der Waals surface area contributed by atoms with E-state index in [1.54, 1.807) is 18.3 Å². The van der Waals surface area contributed by atoms with E-state index in [-0.39, 0.29) is 11.5 Å². The molecular formula is C15H18N4O2. The first-order valence-electron chi connectivity index (χ1n) is 6.73. The van der Waals surface area contributed by atoms with Crippen LogP contribution in [0.15, 0.2) is 29.2 Å². The predicted octanol–water partition coefficient (Wildman–Crippen LogP) is 2.34. The first-order chi connectivity index (χ1) is 9.99. The van der Waals surface area contributed by atoms with E-state index in [0.29, 0.717) is 17.9 Å². The predicted molar refractivity (Wildman–Crippen MR) is 83.0 cm³/mol. The summed E-state index contributed by atoms with van der Waals surface area (Å²) in [6.07, 6.45) is 2.24. The maximum atomic E-state index is 11.7. The van der Waals surface area contributed by atoms with Gasteiger partial charge in [-0.3, -0.25) is 9.59 Å². The molecule has 0 saturated carbocycles. The van der Waals surface area contributed by atoms with Gasteiger partial charge in [0, 0.05) is 18.2 Å². The number of H-pyrrole nitrogens is 1. The van der Waals surface area contributed by atoms with Gasteiger partial charge in [-0.25, -0.2) is 4.98 Å². The van der Waals surface area contributed by atoms with Crippen molar-refractivity contribution in [2.24, 2.45) is 0 Å². The third-order valence-electron chi connectivity index (χ3n) is 3.04. The van der Waals surface area contributed by atoms with Crippen LogP contribution in [0.3, 0.4) is 0 Å². The number of hydrogen-bond acceptors (Lipinski definition) is 4. The molecule has 0 aliphatic carbocycles. The maximum absolute atomic E-state index is 11.7. The third kappa shape index (κ3) is 3.68. The summed E-state index contributed by atoms with van der Waals surface area (Å²) in [4.78, 5) is 29.7. The van der Waals surface area contributed by atoms with Crippen molar-refractivity contribution in [2.75, 3.05) is 10.6 Å². The molecule has 0 aliphatic rings. The lowest BCUT2D eigenvalue weighted by molar-refractivity contribution is -0.114. The summed E-state index contributed by atoms with van der Waals surface area (Å²) in [5.41, 5.74) is 2.86. The second-order valence-corrected chi connectivity index (χ2v) is 4.75. The summed E-state index contributed by atoms with van der Waals surface area (Å²) in [5.74, 6) is 0.503. The number of nitrogens with one attached hydrogen (secondary N) is 3. The van der Waals surface area contributed by atoms with Gasteiger partial charge in [-0.15, -0.1) is 0 Å². The average molecular weight is 286 g/mol. The molecule has 0 spiro atoms. The molecule has 2 aromatic heterocycles. The molecule has 0 unspecified atom stereocenters.